The quantitative estimate of drug-likeness (QED) is 0.190. The van der Waals surface area contributed by atoms with E-state index in [0.717, 1.165) is 46.4 Å². The van der Waals surface area contributed by atoms with Gasteiger partial charge in [0.2, 0.25) is 0 Å². The van der Waals surface area contributed by atoms with E-state index in [-0.39, 0.29) is 48.0 Å². The molecular weight excluding hydrogens is 698 g/mol. The zero-order valence-corrected chi connectivity index (χ0v) is 28.5. The molecule has 0 heterocycles. The van der Waals surface area contributed by atoms with Crippen molar-refractivity contribution < 1.29 is 66.4 Å². The molecule has 0 unspecified atom stereocenters. The van der Waals surface area contributed by atoms with Crippen LogP contribution in [0, 0.1) is 0 Å². The van der Waals surface area contributed by atoms with Crippen molar-refractivity contribution >= 4 is 21.5 Å². The number of halogens is 2. The van der Waals surface area contributed by atoms with E-state index < -0.39 is 0 Å². The van der Waals surface area contributed by atoms with Crippen LogP contribution in [0.1, 0.15) is 11.1 Å². The predicted molar refractivity (Wildman–Crippen MR) is 154 cm³/mol. The van der Waals surface area contributed by atoms with Crippen LogP contribution in [0.3, 0.4) is 0 Å². The molecule has 0 amide bonds. The number of ether oxygens (including phenoxy) is 2. The highest BCUT2D eigenvalue weighted by atomic mass is 127. The number of hydrogen-bond donors (Lipinski definition) is 0. The first-order valence-corrected chi connectivity index (χ1v) is 12.7. The molecule has 4 rings (SSSR count). The second-order valence-corrected chi connectivity index (χ2v) is 11.5. The van der Waals surface area contributed by atoms with Gasteiger partial charge in [-0.1, -0.05) is 48.5 Å². The van der Waals surface area contributed by atoms with Crippen molar-refractivity contribution in [3.05, 3.63) is 83.9 Å². The summed E-state index contributed by atoms with van der Waals surface area (Å²) in [5.41, 5.74) is 2.80. The minimum absolute atomic E-state index is 0. The fourth-order valence-electron chi connectivity index (χ4n) is 4.23. The second-order valence-electron chi connectivity index (χ2n) is 11.5. The van der Waals surface area contributed by atoms with E-state index in [1.54, 1.807) is 14.2 Å². The third-order valence-electron chi connectivity index (χ3n) is 6.46. The van der Waals surface area contributed by atoms with Crippen molar-refractivity contribution in [1.82, 2.24) is 0 Å². The third-order valence-corrected chi connectivity index (χ3v) is 6.46. The summed E-state index contributed by atoms with van der Waals surface area (Å²) < 4.78 is 12.6. The number of methoxy groups -OCH3 is 2. The van der Waals surface area contributed by atoms with E-state index >= 15 is 0 Å². The minimum Gasteiger partial charge on any atom is -1.00 e. The van der Waals surface area contributed by atoms with E-state index in [0.29, 0.717) is 0 Å². The number of likely N-dealkylation sites (N-methyl/N-ethyl adjacent to an activating group) is 2. The molecule has 208 valence electrons. The van der Waals surface area contributed by atoms with Gasteiger partial charge in [0.25, 0.3) is 0 Å². The molecule has 0 bridgehead atoms. The highest BCUT2D eigenvalue weighted by Crippen LogP contribution is 2.26. The summed E-state index contributed by atoms with van der Waals surface area (Å²) in [5, 5.41) is 5.19. The van der Waals surface area contributed by atoms with Crippen LogP contribution in [0.5, 0.6) is 11.5 Å². The molecule has 4 aromatic rings. The molecule has 4 aromatic carbocycles. The third kappa shape index (κ3) is 10.5. The number of fused-ring (bicyclic) bond motifs is 2. The van der Waals surface area contributed by atoms with Crippen LogP contribution in [0.4, 0.5) is 0 Å². The number of quaternary nitrogens is 2. The monoisotopic (exact) mass is 742 g/mol. The molecule has 0 aromatic heterocycles. The van der Waals surface area contributed by atoms with Gasteiger partial charge in [-0.05, 0) is 56.9 Å². The van der Waals surface area contributed by atoms with Gasteiger partial charge in [-0.15, -0.1) is 0 Å². The van der Waals surface area contributed by atoms with Gasteiger partial charge < -0.3 is 66.4 Å². The first-order valence-electron chi connectivity index (χ1n) is 12.7. The first kappa shape index (κ1) is 34.4. The second kappa shape index (κ2) is 15.2. The Kier molecular flexibility index (Phi) is 13.8. The predicted octanol–water partition coefficient (Wildman–Crippen LogP) is 0.202. The van der Waals surface area contributed by atoms with Gasteiger partial charge in [0.05, 0.1) is 69.6 Å². The standard InChI is InChI=1S/2C16H22NO.2HI/c2*1-17(2,3)11-10-14-7-5-6-13-8-9-15(18-4)12-16(13)14;;/h2*5-9,12H,10-11H2,1-4H3;2*1H/q2*+1;;/p-2. The zero-order chi connectivity index (χ0) is 26.3. The molecule has 0 N–H and O–H groups in total. The van der Waals surface area contributed by atoms with Crippen molar-refractivity contribution in [2.24, 2.45) is 0 Å². The Morgan fingerprint density at radius 1 is 0.526 bits per heavy atom. The average Bonchev–Trinajstić information content (AvgIpc) is 2.85. The fraction of sp³-hybridized carbons (Fsp3) is 0.375. The van der Waals surface area contributed by atoms with Crippen LogP contribution in [0.2, 0.25) is 0 Å². The van der Waals surface area contributed by atoms with Crippen LogP contribution >= 0.6 is 0 Å². The molecule has 38 heavy (non-hydrogen) atoms. The summed E-state index contributed by atoms with van der Waals surface area (Å²) in [7, 11) is 16.8. The lowest BCUT2D eigenvalue weighted by Gasteiger charge is -2.24. The molecule has 0 spiro atoms. The molecule has 0 atom stereocenters. The molecule has 0 aliphatic heterocycles. The lowest BCUT2D eigenvalue weighted by molar-refractivity contribution is -0.870. The summed E-state index contributed by atoms with van der Waals surface area (Å²) in [6.07, 6.45) is 2.18. The summed E-state index contributed by atoms with van der Waals surface area (Å²) in [5.74, 6) is 1.86. The van der Waals surface area contributed by atoms with Crippen molar-refractivity contribution in [2.45, 2.75) is 12.8 Å². The van der Waals surface area contributed by atoms with Crippen LogP contribution in [0.15, 0.2) is 72.8 Å². The summed E-state index contributed by atoms with van der Waals surface area (Å²) in [6.45, 7) is 2.27. The number of hydrogen-bond acceptors (Lipinski definition) is 2. The number of nitrogens with zero attached hydrogens (tertiary/aromatic N) is 2. The van der Waals surface area contributed by atoms with Gasteiger partial charge in [0, 0.05) is 12.8 Å². The maximum atomic E-state index is 5.32. The molecule has 0 fully saturated rings. The van der Waals surface area contributed by atoms with Crippen molar-refractivity contribution in [3.8, 4) is 11.5 Å². The van der Waals surface area contributed by atoms with Crippen LogP contribution in [-0.4, -0.2) is 78.6 Å². The smallest absolute Gasteiger partial charge is 0.119 e. The molecule has 0 saturated carbocycles. The summed E-state index contributed by atoms with van der Waals surface area (Å²) in [4.78, 5) is 0. The fourth-order valence-corrected chi connectivity index (χ4v) is 4.23. The zero-order valence-electron chi connectivity index (χ0n) is 24.2. The highest BCUT2D eigenvalue weighted by molar-refractivity contribution is 5.87. The molecule has 4 nitrogen and oxygen atoms in total. The van der Waals surface area contributed by atoms with Gasteiger partial charge >= 0.3 is 0 Å². The average molecular weight is 743 g/mol. The Hall–Kier alpha value is -1.62. The van der Waals surface area contributed by atoms with Gasteiger partial charge in [0.15, 0.2) is 0 Å². The topological polar surface area (TPSA) is 18.5 Å². The van der Waals surface area contributed by atoms with Gasteiger partial charge in [-0.25, -0.2) is 0 Å². The largest absolute Gasteiger partial charge is 1.00 e. The number of benzene rings is 4. The van der Waals surface area contributed by atoms with Gasteiger partial charge in [0.1, 0.15) is 11.5 Å². The van der Waals surface area contributed by atoms with E-state index in [9.17, 15) is 0 Å². The Balaban J connectivity index is 0.000000361. The molecular formula is C32H44I2N2O2. The van der Waals surface area contributed by atoms with Crippen molar-refractivity contribution in [3.63, 3.8) is 0 Å². The van der Waals surface area contributed by atoms with Crippen LogP contribution in [0.25, 0.3) is 21.5 Å². The Bertz CT molecular complexity index is 1190. The first-order chi connectivity index (χ1) is 17.0. The maximum Gasteiger partial charge on any atom is 0.119 e. The molecule has 6 heteroatoms. The van der Waals surface area contributed by atoms with Crippen molar-refractivity contribution in [2.75, 3.05) is 69.6 Å². The SMILES string of the molecule is COc1ccc2cccc(CC[N+](C)(C)C)c2c1.COc1ccc2cccc(CC[N+](C)(C)C)c2c1.[I-].[I-]. The van der Waals surface area contributed by atoms with Crippen molar-refractivity contribution in [1.29, 1.82) is 0 Å². The Morgan fingerprint density at radius 2 is 0.895 bits per heavy atom. The van der Waals surface area contributed by atoms with Crippen LogP contribution < -0.4 is 57.4 Å². The van der Waals surface area contributed by atoms with E-state index in [2.05, 4.69) is 103 Å². The summed E-state index contributed by atoms with van der Waals surface area (Å²) in [6, 6.07) is 25.6. The Morgan fingerprint density at radius 3 is 1.21 bits per heavy atom. The molecule has 0 radical (unpaired) electrons. The normalized spacial score (nSPS) is 11.2. The highest BCUT2D eigenvalue weighted by Gasteiger charge is 2.10. The Labute approximate surface area is 264 Å². The lowest BCUT2D eigenvalue weighted by atomic mass is 10.0. The van der Waals surface area contributed by atoms with Gasteiger partial charge in [-0.2, -0.15) is 0 Å². The van der Waals surface area contributed by atoms with Crippen LogP contribution in [-0.2, 0) is 12.8 Å². The molecule has 0 saturated heterocycles. The van der Waals surface area contributed by atoms with E-state index in [1.165, 1.54) is 32.7 Å². The maximum absolute atomic E-state index is 5.32. The van der Waals surface area contributed by atoms with Gasteiger partial charge in [-0.3, -0.25) is 0 Å². The lowest BCUT2D eigenvalue weighted by Crippen LogP contribution is -3.00. The number of rotatable bonds is 8. The molecule has 0 aliphatic rings. The van der Waals surface area contributed by atoms with E-state index in [1.807, 2.05) is 12.1 Å². The summed E-state index contributed by atoms with van der Waals surface area (Å²) >= 11 is 0. The van der Waals surface area contributed by atoms with E-state index in [4.69, 9.17) is 9.47 Å². The molecule has 0 aliphatic carbocycles. The minimum atomic E-state index is 0.